The number of Topliss-reactive ketones (excluding diaryl/α,β-unsaturated/α-hetero) is 1. The van der Waals surface area contributed by atoms with Gasteiger partial charge >= 0.3 is 5.97 Å². The van der Waals surface area contributed by atoms with Gasteiger partial charge in [-0.2, -0.15) is 0 Å². The third kappa shape index (κ3) is 3.68. The number of hydrogen-bond acceptors (Lipinski definition) is 4. The number of fused-ring (bicyclic) bond motifs is 1. The van der Waals surface area contributed by atoms with Crippen LogP contribution in [0.4, 0.5) is 10.1 Å². The van der Waals surface area contributed by atoms with Crippen LogP contribution in [0.15, 0.2) is 78.9 Å². The highest BCUT2D eigenvalue weighted by molar-refractivity contribution is 6.50. The van der Waals surface area contributed by atoms with E-state index in [1.54, 1.807) is 31.2 Å². The van der Waals surface area contributed by atoms with Gasteiger partial charge in [0.1, 0.15) is 5.82 Å². The van der Waals surface area contributed by atoms with Crippen LogP contribution in [0.3, 0.4) is 0 Å². The molecule has 0 saturated heterocycles. The smallest absolute Gasteiger partial charge is 0.325 e. The molecule has 0 bridgehead atoms. The summed E-state index contributed by atoms with van der Waals surface area (Å²) in [5.41, 5.74) is 0.0400. The topological polar surface area (TPSA) is 63.7 Å². The molecule has 0 aliphatic carbocycles. The maximum absolute atomic E-state index is 14.3. The van der Waals surface area contributed by atoms with Gasteiger partial charge in [-0.05, 0) is 30.2 Å². The molecule has 0 N–H and O–H groups in total. The molecule has 162 valence electrons. The number of rotatable bonds is 6. The van der Waals surface area contributed by atoms with E-state index in [1.807, 2.05) is 36.4 Å². The molecular weight excluding hydrogens is 409 g/mol. The van der Waals surface area contributed by atoms with Gasteiger partial charge in [0, 0.05) is 12.0 Å². The lowest BCUT2D eigenvalue weighted by Gasteiger charge is -2.39. The number of carbonyl (C=O) groups excluding carboxylic acids is 3. The van der Waals surface area contributed by atoms with Gasteiger partial charge in [-0.3, -0.25) is 14.4 Å². The van der Waals surface area contributed by atoms with E-state index in [0.717, 1.165) is 5.56 Å². The van der Waals surface area contributed by atoms with Crippen molar-refractivity contribution in [1.29, 1.82) is 0 Å². The molecule has 1 aliphatic rings. The van der Waals surface area contributed by atoms with E-state index in [4.69, 9.17) is 4.74 Å². The molecule has 1 atom stereocenters. The van der Waals surface area contributed by atoms with E-state index in [0.29, 0.717) is 5.56 Å². The van der Waals surface area contributed by atoms with Gasteiger partial charge in [0.2, 0.25) is 5.78 Å². The van der Waals surface area contributed by atoms with Gasteiger partial charge in [0.25, 0.3) is 5.91 Å². The number of nitrogens with zero attached hydrogens (tertiary/aromatic N) is 1. The molecular formula is C26H22FNO4. The van der Waals surface area contributed by atoms with Crippen molar-refractivity contribution in [2.24, 2.45) is 0 Å². The first-order valence-corrected chi connectivity index (χ1v) is 10.4. The van der Waals surface area contributed by atoms with Crippen LogP contribution in [0.25, 0.3) is 0 Å². The van der Waals surface area contributed by atoms with Gasteiger partial charge in [-0.25, -0.2) is 4.39 Å². The SMILES string of the molecule is CCOC(=O)[C@]1(Cc2ccccc2)C(=O)C(=O)N(Cc2ccccc2)c2cc(F)ccc21. The predicted octanol–water partition coefficient (Wildman–Crippen LogP) is 3.99. The molecule has 3 aromatic rings. The highest BCUT2D eigenvalue weighted by Gasteiger charge is 2.57. The minimum atomic E-state index is -1.88. The normalized spacial score (nSPS) is 17.8. The Labute approximate surface area is 185 Å². The first-order chi connectivity index (χ1) is 15.5. The lowest BCUT2D eigenvalue weighted by Crippen LogP contribution is -2.58. The number of hydrogen-bond donors (Lipinski definition) is 0. The second-order valence-corrected chi connectivity index (χ2v) is 7.66. The largest absolute Gasteiger partial charge is 0.465 e. The van der Waals surface area contributed by atoms with Crippen molar-refractivity contribution in [3.63, 3.8) is 0 Å². The zero-order valence-corrected chi connectivity index (χ0v) is 17.6. The number of ketones is 1. The molecule has 6 heteroatoms. The van der Waals surface area contributed by atoms with E-state index in [1.165, 1.54) is 23.1 Å². The zero-order valence-electron chi connectivity index (χ0n) is 17.6. The molecule has 1 heterocycles. The first kappa shape index (κ1) is 21.4. The van der Waals surface area contributed by atoms with Gasteiger partial charge in [0.05, 0.1) is 18.8 Å². The standard InChI is InChI=1S/C26H22FNO4/c1-2-32-25(31)26(16-18-9-5-3-6-10-18)21-14-13-20(27)15-22(21)28(24(30)23(26)29)17-19-11-7-4-8-12-19/h3-15H,2,16-17H2,1H3/t26-/m0/s1. The number of carbonyl (C=O) groups is 3. The summed E-state index contributed by atoms with van der Waals surface area (Å²) >= 11 is 0. The molecule has 3 aromatic carbocycles. The summed E-state index contributed by atoms with van der Waals surface area (Å²) in [5, 5.41) is 0. The Morgan fingerprint density at radius 1 is 0.938 bits per heavy atom. The van der Waals surface area contributed by atoms with Crippen molar-refractivity contribution in [2.45, 2.75) is 25.3 Å². The van der Waals surface area contributed by atoms with E-state index >= 15 is 0 Å². The van der Waals surface area contributed by atoms with Crippen molar-refractivity contribution in [3.8, 4) is 0 Å². The third-order valence-electron chi connectivity index (χ3n) is 5.66. The monoisotopic (exact) mass is 431 g/mol. The van der Waals surface area contributed by atoms with Crippen LogP contribution in [0, 0.1) is 5.82 Å². The van der Waals surface area contributed by atoms with Crippen LogP contribution in [0.2, 0.25) is 0 Å². The van der Waals surface area contributed by atoms with Crippen molar-refractivity contribution in [3.05, 3.63) is 101 Å². The molecule has 5 nitrogen and oxygen atoms in total. The van der Waals surface area contributed by atoms with Crippen molar-refractivity contribution in [1.82, 2.24) is 0 Å². The predicted molar refractivity (Wildman–Crippen MR) is 117 cm³/mol. The van der Waals surface area contributed by atoms with Crippen LogP contribution in [-0.4, -0.2) is 24.3 Å². The number of amides is 1. The van der Waals surface area contributed by atoms with Crippen LogP contribution >= 0.6 is 0 Å². The summed E-state index contributed by atoms with van der Waals surface area (Å²) < 4.78 is 19.6. The average Bonchev–Trinajstić information content (AvgIpc) is 2.81. The first-order valence-electron chi connectivity index (χ1n) is 10.4. The van der Waals surface area contributed by atoms with Crippen LogP contribution in [-0.2, 0) is 37.5 Å². The summed E-state index contributed by atoms with van der Waals surface area (Å²) in [7, 11) is 0. The second-order valence-electron chi connectivity index (χ2n) is 7.66. The number of ether oxygens (including phenoxy) is 1. The molecule has 1 amide bonds. The highest BCUT2D eigenvalue weighted by atomic mass is 19.1. The number of halogens is 1. The Bertz CT molecular complexity index is 1160. The molecule has 1 aliphatic heterocycles. The van der Waals surface area contributed by atoms with E-state index in [9.17, 15) is 18.8 Å². The van der Waals surface area contributed by atoms with E-state index in [-0.39, 0.29) is 30.8 Å². The molecule has 0 radical (unpaired) electrons. The quantitative estimate of drug-likeness (QED) is 0.336. The summed E-state index contributed by atoms with van der Waals surface area (Å²) in [4.78, 5) is 41.5. The van der Waals surface area contributed by atoms with Gasteiger partial charge < -0.3 is 9.64 Å². The third-order valence-corrected chi connectivity index (χ3v) is 5.66. The van der Waals surface area contributed by atoms with Crippen molar-refractivity contribution >= 4 is 23.3 Å². The molecule has 0 saturated carbocycles. The Kier molecular flexibility index (Phi) is 5.86. The van der Waals surface area contributed by atoms with Crippen molar-refractivity contribution in [2.75, 3.05) is 11.5 Å². The minimum Gasteiger partial charge on any atom is -0.465 e. The summed E-state index contributed by atoms with van der Waals surface area (Å²) in [6.45, 7) is 1.75. The maximum Gasteiger partial charge on any atom is 0.325 e. The number of esters is 1. The fraction of sp³-hybridized carbons (Fsp3) is 0.192. The Morgan fingerprint density at radius 3 is 2.19 bits per heavy atom. The Morgan fingerprint density at radius 2 is 1.56 bits per heavy atom. The fourth-order valence-electron chi connectivity index (χ4n) is 4.16. The molecule has 0 fully saturated rings. The van der Waals surface area contributed by atoms with Gasteiger partial charge in [0.15, 0.2) is 5.41 Å². The number of anilines is 1. The Balaban J connectivity index is 1.91. The molecule has 0 aromatic heterocycles. The zero-order chi connectivity index (χ0) is 22.7. The van der Waals surface area contributed by atoms with Crippen LogP contribution in [0.1, 0.15) is 23.6 Å². The molecule has 4 rings (SSSR count). The summed E-state index contributed by atoms with van der Waals surface area (Å²) in [5.74, 6) is -3.12. The van der Waals surface area contributed by atoms with Crippen LogP contribution in [0.5, 0.6) is 0 Å². The van der Waals surface area contributed by atoms with E-state index in [2.05, 4.69) is 0 Å². The highest BCUT2D eigenvalue weighted by Crippen LogP contribution is 2.43. The summed E-state index contributed by atoms with van der Waals surface area (Å²) in [6, 6.07) is 21.8. The number of benzene rings is 3. The lowest BCUT2D eigenvalue weighted by atomic mass is 9.69. The average molecular weight is 431 g/mol. The fourth-order valence-corrected chi connectivity index (χ4v) is 4.16. The molecule has 32 heavy (non-hydrogen) atoms. The molecule has 0 spiro atoms. The lowest BCUT2D eigenvalue weighted by molar-refractivity contribution is -0.157. The van der Waals surface area contributed by atoms with Crippen LogP contribution < -0.4 is 4.90 Å². The molecule has 0 unspecified atom stereocenters. The van der Waals surface area contributed by atoms with Crippen molar-refractivity contribution < 1.29 is 23.5 Å². The second kappa shape index (κ2) is 8.75. The minimum absolute atomic E-state index is 0.0428. The van der Waals surface area contributed by atoms with E-state index < -0.39 is 28.9 Å². The maximum atomic E-state index is 14.3. The van der Waals surface area contributed by atoms with Gasteiger partial charge in [-0.15, -0.1) is 0 Å². The Hall–Kier alpha value is -3.80. The van der Waals surface area contributed by atoms with Gasteiger partial charge in [-0.1, -0.05) is 66.7 Å². The summed E-state index contributed by atoms with van der Waals surface area (Å²) in [6.07, 6.45) is -0.0605.